The normalized spacial score (nSPS) is 16.5. The topological polar surface area (TPSA) is 33.2 Å². The van der Waals surface area contributed by atoms with Gasteiger partial charge in [0.05, 0.1) is 12.6 Å². The van der Waals surface area contributed by atoms with E-state index in [0.717, 1.165) is 31.3 Å². The molecule has 0 bridgehead atoms. The van der Waals surface area contributed by atoms with Crippen LogP contribution in [-0.2, 0) is 7.05 Å². The number of amidine groups is 1. The van der Waals surface area contributed by atoms with Crippen LogP contribution in [0, 0.1) is 0 Å². The molecule has 0 spiro atoms. The molecule has 0 saturated carbocycles. The largest absolute Gasteiger partial charge is 0.435 e. The summed E-state index contributed by atoms with van der Waals surface area (Å²) in [6.07, 6.45) is 3.66. The molecule has 2 heterocycles. The Labute approximate surface area is 126 Å². The van der Waals surface area contributed by atoms with Crippen LogP contribution in [0.25, 0.3) is 11.0 Å². The molecule has 0 saturated heterocycles. The molecule has 21 heavy (non-hydrogen) atoms. The standard InChI is InChI=1S/C16H25BN4/c1-5-11-17(12-6-2)19-13(3)18-16-20(4)14-9-7-8-10-15(14)21(16)17/h7-10H,5-6,11-12H2,1-4H3,(H,18,19). The van der Waals surface area contributed by atoms with Crippen LogP contribution in [0.2, 0.25) is 12.6 Å². The van der Waals surface area contributed by atoms with Crippen LogP contribution in [0.1, 0.15) is 33.6 Å². The van der Waals surface area contributed by atoms with Crippen molar-refractivity contribution in [2.75, 3.05) is 5.32 Å². The SMILES string of the molecule is CCC[B-]1(CCC)N=C(C)Nc2n(C)c3ccccc3[n+]21. The van der Waals surface area contributed by atoms with Gasteiger partial charge >= 0.3 is 5.95 Å². The molecule has 0 fully saturated rings. The lowest BCUT2D eigenvalue weighted by atomic mass is 9.40. The summed E-state index contributed by atoms with van der Waals surface area (Å²) in [5.74, 6) is 2.22. The summed E-state index contributed by atoms with van der Waals surface area (Å²) in [4.78, 5) is 5.12. The molecule has 0 atom stereocenters. The van der Waals surface area contributed by atoms with E-state index in [1.54, 1.807) is 0 Å². The van der Waals surface area contributed by atoms with Gasteiger partial charge in [-0.1, -0.05) is 38.8 Å². The van der Waals surface area contributed by atoms with Crippen molar-refractivity contribution >= 4 is 29.2 Å². The van der Waals surface area contributed by atoms with Gasteiger partial charge in [0.1, 0.15) is 11.4 Å². The molecule has 1 aromatic carbocycles. The van der Waals surface area contributed by atoms with Gasteiger partial charge in [-0.15, -0.1) is 12.6 Å². The summed E-state index contributed by atoms with van der Waals surface area (Å²) in [7, 11) is 2.14. The van der Waals surface area contributed by atoms with E-state index in [2.05, 4.69) is 66.4 Å². The number of hydrogen-bond acceptors (Lipinski definition) is 2. The average Bonchev–Trinajstić information content (AvgIpc) is 2.74. The zero-order valence-corrected chi connectivity index (χ0v) is 13.6. The molecule has 1 N–H and O–H groups in total. The third kappa shape index (κ3) is 2.06. The Kier molecular flexibility index (Phi) is 3.51. The molecule has 1 aliphatic heterocycles. The number of aromatic nitrogens is 2. The van der Waals surface area contributed by atoms with Crippen molar-refractivity contribution in [2.24, 2.45) is 12.0 Å². The van der Waals surface area contributed by atoms with E-state index in [0.29, 0.717) is 0 Å². The Morgan fingerprint density at radius 1 is 1.19 bits per heavy atom. The van der Waals surface area contributed by atoms with Crippen LogP contribution in [0.4, 0.5) is 5.95 Å². The highest BCUT2D eigenvalue weighted by Crippen LogP contribution is 2.28. The number of nitrogens with zero attached hydrogens (tertiary/aromatic N) is 3. The number of anilines is 1. The first-order chi connectivity index (χ1) is 10.1. The third-order valence-corrected chi connectivity index (χ3v) is 4.76. The predicted molar refractivity (Wildman–Crippen MR) is 91.2 cm³/mol. The minimum absolute atomic E-state index is 0.929. The van der Waals surface area contributed by atoms with Crippen LogP contribution in [0.3, 0.4) is 0 Å². The summed E-state index contributed by atoms with van der Waals surface area (Å²) in [5.41, 5.74) is 2.56. The predicted octanol–water partition coefficient (Wildman–Crippen LogP) is 3.42. The number of imidazole rings is 1. The van der Waals surface area contributed by atoms with E-state index in [1.807, 2.05) is 0 Å². The van der Waals surface area contributed by atoms with Crippen LogP contribution >= 0.6 is 0 Å². The van der Waals surface area contributed by atoms with Gasteiger partial charge in [-0.05, 0) is 12.1 Å². The highest BCUT2D eigenvalue weighted by atomic mass is 15.3. The molecule has 3 rings (SSSR count). The van der Waals surface area contributed by atoms with Gasteiger partial charge < -0.3 is 9.38 Å². The maximum absolute atomic E-state index is 5.12. The third-order valence-electron chi connectivity index (χ3n) is 4.76. The van der Waals surface area contributed by atoms with Crippen LogP contribution < -0.4 is 9.79 Å². The quantitative estimate of drug-likeness (QED) is 0.857. The van der Waals surface area contributed by atoms with Crippen LogP contribution in [0.5, 0.6) is 0 Å². The molecule has 0 aliphatic carbocycles. The summed E-state index contributed by atoms with van der Waals surface area (Å²) < 4.78 is 4.74. The van der Waals surface area contributed by atoms with E-state index in [4.69, 9.17) is 4.90 Å². The number of fused-ring (bicyclic) bond motifs is 3. The second-order valence-corrected chi connectivity index (χ2v) is 6.29. The van der Waals surface area contributed by atoms with E-state index in [1.165, 1.54) is 17.0 Å². The van der Waals surface area contributed by atoms with Gasteiger partial charge in [-0.3, -0.25) is 0 Å². The molecule has 4 nitrogen and oxygen atoms in total. The molecule has 0 unspecified atom stereocenters. The van der Waals surface area contributed by atoms with Gasteiger partial charge in [0.15, 0.2) is 0 Å². The number of aryl methyl sites for hydroxylation is 1. The van der Waals surface area contributed by atoms with Crippen molar-refractivity contribution in [1.29, 1.82) is 0 Å². The van der Waals surface area contributed by atoms with Crippen molar-refractivity contribution < 1.29 is 4.48 Å². The molecule has 1 aromatic heterocycles. The van der Waals surface area contributed by atoms with Crippen molar-refractivity contribution in [3.05, 3.63) is 24.3 Å². The molecule has 5 heteroatoms. The molecule has 2 aromatic rings. The number of rotatable bonds is 4. The second-order valence-electron chi connectivity index (χ2n) is 6.29. The van der Waals surface area contributed by atoms with Crippen LogP contribution in [-0.4, -0.2) is 16.8 Å². The first-order valence-electron chi connectivity index (χ1n) is 8.14. The van der Waals surface area contributed by atoms with Gasteiger partial charge in [0, 0.05) is 6.92 Å². The molecule has 0 radical (unpaired) electrons. The monoisotopic (exact) mass is 284 g/mol. The Hall–Kier alpha value is -1.78. The van der Waals surface area contributed by atoms with Crippen molar-refractivity contribution in [2.45, 2.75) is 46.3 Å². The summed E-state index contributed by atoms with van der Waals surface area (Å²) in [6, 6.07) is 8.64. The minimum Gasteiger partial charge on any atom is -0.435 e. The Morgan fingerprint density at radius 2 is 1.86 bits per heavy atom. The maximum Gasteiger partial charge on any atom is 0.320 e. The Balaban J connectivity index is 2.33. The lowest BCUT2D eigenvalue weighted by Gasteiger charge is -2.38. The number of nitrogens with one attached hydrogen (secondary N) is 1. The molecular weight excluding hydrogens is 259 g/mol. The van der Waals surface area contributed by atoms with Gasteiger partial charge in [-0.2, -0.15) is 0 Å². The lowest BCUT2D eigenvalue weighted by Crippen LogP contribution is -2.66. The van der Waals surface area contributed by atoms with E-state index in [9.17, 15) is 0 Å². The molecule has 1 aliphatic rings. The first kappa shape index (κ1) is 14.2. The Bertz CT molecular complexity index is 696. The Morgan fingerprint density at radius 3 is 2.52 bits per heavy atom. The van der Waals surface area contributed by atoms with E-state index >= 15 is 0 Å². The van der Waals surface area contributed by atoms with Crippen molar-refractivity contribution in [1.82, 2.24) is 4.57 Å². The average molecular weight is 284 g/mol. The maximum atomic E-state index is 5.12. The highest BCUT2D eigenvalue weighted by Gasteiger charge is 2.38. The zero-order chi connectivity index (χ0) is 15.0. The first-order valence-corrected chi connectivity index (χ1v) is 8.14. The highest BCUT2D eigenvalue weighted by molar-refractivity contribution is 6.72. The summed E-state index contributed by atoms with van der Waals surface area (Å²) >= 11 is 0. The molecular formula is C16H25BN4. The smallest absolute Gasteiger partial charge is 0.320 e. The fourth-order valence-corrected chi connectivity index (χ4v) is 4.04. The van der Waals surface area contributed by atoms with Gasteiger partial charge in [0.25, 0.3) is 6.42 Å². The number of hydrogen-bond donors (Lipinski definition) is 1. The number of benzene rings is 1. The number of para-hydroxylation sites is 2. The van der Waals surface area contributed by atoms with E-state index < -0.39 is 6.42 Å². The second kappa shape index (κ2) is 5.21. The van der Waals surface area contributed by atoms with Gasteiger partial charge in [-0.25, -0.2) is 9.88 Å². The fourth-order valence-electron chi connectivity index (χ4n) is 4.04. The summed E-state index contributed by atoms with van der Waals surface area (Å²) in [5, 5.41) is 3.48. The van der Waals surface area contributed by atoms with Crippen molar-refractivity contribution in [3.8, 4) is 0 Å². The lowest BCUT2D eigenvalue weighted by molar-refractivity contribution is -0.505. The molecule has 0 amide bonds. The minimum atomic E-state index is -0.929. The van der Waals surface area contributed by atoms with E-state index in [-0.39, 0.29) is 0 Å². The van der Waals surface area contributed by atoms with Crippen molar-refractivity contribution in [3.63, 3.8) is 0 Å². The fraction of sp³-hybridized carbons (Fsp3) is 0.500. The molecule has 112 valence electrons. The van der Waals surface area contributed by atoms with Crippen LogP contribution in [0.15, 0.2) is 29.2 Å². The summed E-state index contributed by atoms with van der Waals surface area (Å²) in [6.45, 7) is 6.61. The van der Waals surface area contributed by atoms with Gasteiger partial charge in [0.2, 0.25) is 0 Å². The zero-order valence-electron chi connectivity index (χ0n) is 13.6.